The van der Waals surface area contributed by atoms with Gasteiger partial charge in [0.05, 0.1) is 11.1 Å². The topological polar surface area (TPSA) is 58.6 Å². The summed E-state index contributed by atoms with van der Waals surface area (Å²) in [7, 11) is 0. The van der Waals surface area contributed by atoms with Gasteiger partial charge in [0.2, 0.25) is 0 Å². The first kappa shape index (κ1) is 17.2. The van der Waals surface area contributed by atoms with E-state index in [9.17, 15) is 23.1 Å². The fraction of sp³-hybridized carbons (Fsp3) is 0.438. The molecule has 0 bridgehead atoms. The maximum absolute atomic E-state index is 12.2. The summed E-state index contributed by atoms with van der Waals surface area (Å²) in [6.07, 6.45) is -4.42. The Balaban J connectivity index is 2.43. The summed E-state index contributed by atoms with van der Waals surface area (Å²) >= 11 is 0. The third kappa shape index (κ3) is 3.43. The van der Waals surface area contributed by atoms with Crippen molar-refractivity contribution in [2.45, 2.75) is 39.4 Å². The number of carbonyl (C=O) groups is 1. The third-order valence-corrected chi connectivity index (χ3v) is 3.64. The van der Waals surface area contributed by atoms with Gasteiger partial charge in [-0.3, -0.25) is 4.79 Å². The van der Waals surface area contributed by atoms with Crippen LogP contribution in [0.15, 0.2) is 17.9 Å². The van der Waals surface area contributed by atoms with Crippen molar-refractivity contribution >= 4 is 11.5 Å². The van der Waals surface area contributed by atoms with Crippen LogP contribution in [0.2, 0.25) is 0 Å². The minimum atomic E-state index is -4.42. The minimum Gasteiger partial charge on any atom is -0.509 e. The Morgan fingerprint density at radius 1 is 1.22 bits per heavy atom. The molecule has 0 aliphatic carbocycles. The fourth-order valence-electron chi connectivity index (χ4n) is 2.62. The van der Waals surface area contributed by atoms with E-state index in [1.54, 1.807) is 27.7 Å². The van der Waals surface area contributed by atoms with Crippen molar-refractivity contribution in [1.29, 1.82) is 0 Å². The monoisotopic (exact) mass is 329 g/mol. The first-order valence-electron chi connectivity index (χ1n) is 7.00. The van der Waals surface area contributed by atoms with Gasteiger partial charge >= 0.3 is 6.18 Å². The van der Waals surface area contributed by atoms with Gasteiger partial charge < -0.3 is 15.2 Å². The summed E-state index contributed by atoms with van der Waals surface area (Å²) in [5.41, 5.74) is 0.877. The number of aryl methyl sites for hydroxylation is 2. The Hall–Kier alpha value is -2.18. The van der Waals surface area contributed by atoms with Gasteiger partial charge in [0, 0.05) is 0 Å². The number of aliphatic hydroxyl groups is 1. The zero-order chi connectivity index (χ0) is 17.6. The average Bonchev–Trinajstić information content (AvgIpc) is 2.57. The van der Waals surface area contributed by atoms with Crippen molar-refractivity contribution in [3.63, 3.8) is 0 Å². The van der Waals surface area contributed by atoms with Gasteiger partial charge in [-0.2, -0.15) is 13.2 Å². The summed E-state index contributed by atoms with van der Waals surface area (Å²) in [5, 5.41) is 12.9. The SMILES string of the molecule is Cc1cc(OCC(F)(F)F)cc(C)c1C1=C(O)C(C)(C)NC1=O. The van der Waals surface area contributed by atoms with Crippen molar-refractivity contribution in [2.75, 3.05) is 6.61 Å². The molecule has 126 valence electrons. The average molecular weight is 329 g/mol. The zero-order valence-electron chi connectivity index (χ0n) is 13.3. The van der Waals surface area contributed by atoms with Gasteiger partial charge in [-0.1, -0.05) is 0 Å². The van der Waals surface area contributed by atoms with Gasteiger partial charge in [-0.15, -0.1) is 0 Å². The summed E-state index contributed by atoms with van der Waals surface area (Å²) < 4.78 is 41.5. The zero-order valence-corrected chi connectivity index (χ0v) is 13.3. The van der Waals surface area contributed by atoms with Crippen LogP contribution >= 0.6 is 0 Å². The number of nitrogens with one attached hydrogen (secondary N) is 1. The van der Waals surface area contributed by atoms with E-state index in [0.717, 1.165) is 0 Å². The van der Waals surface area contributed by atoms with Crippen molar-refractivity contribution in [3.05, 3.63) is 34.6 Å². The first-order valence-corrected chi connectivity index (χ1v) is 7.00. The lowest BCUT2D eigenvalue weighted by molar-refractivity contribution is -0.153. The lowest BCUT2D eigenvalue weighted by Gasteiger charge is -2.17. The lowest BCUT2D eigenvalue weighted by atomic mass is 9.92. The molecule has 2 N–H and O–H groups in total. The van der Waals surface area contributed by atoms with Gasteiger partial charge in [-0.25, -0.2) is 0 Å². The Labute approximate surface area is 132 Å². The molecular formula is C16H18F3NO3. The van der Waals surface area contributed by atoms with Crippen LogP contribution in [0.5, 0.6) is 5.75 Å². The number of hydrogen-bond acceptors (Lipinski definition) is 3. The van der Waals surface area contributed by atoms with Crippen LogP contribution < -0.4 is 10.1 Å². The van der Waals surface area contributed by atoms with Crippen LogP contribution in [0, 0.1) is 13.8 Å². The second-order valence-corrected chi connectivity index (χ2v) is 6.14. The van der Waals surface area contributed by atoms with E-state index in [1.807, 2.05) is 0 Å². The van der Waals surface area contributed by atoms with E-state index in [-0.39, 0.29) is 17.1 Å². The van der Waals surface area contributed by atoms with E-state index in [2.05, 4.69) is 5.32 Å². The highest BCUT2D eigenvalue weighted by atomic mass is 19.4. The van der Waals surface area contributed by atoms with E-state index >= 15 is 0 Å². The summed E-state index contributed by atoms with van der Waals surface area (Å²) in [6, 6.07) is 2.85. The molecule has 2 rings (SSSR count). The van der Waals surface area contributed by atoms with E-state index in [0.29, 0.717) is 16.7 Å². The molecule has 0 unspecified atom stereocenters. The van der Waals surface area contributed by atoms with Crippen molar-refractivity contribution in [1.82, 2.24) is 5.32 Å². The van der Waals surface area contributed by atoms with Crippen LogP contribution in [0.25, 0.3) is 5.57 Å². The molecule has 0 atom stereocenters. The fourth-order valence-corrected chi connectivity index (χ4v) is 2.62. The molecule has 1 heterocycles. The normalized spacial score (nSPS) is 17.4. The molecule has 0 radical (unpaired) electrons. The number of amides is 1. The maximum Gasteiger partial charge on any atom is 0.422 e. The van der Waals surface area contributed by atoms with Gasteiger partial charge in [0.1, 0.15) is 11.5 Å². The van der Waals surface area contributed by atoms with Crippen LogP contribution in [0.3, 0.4) is 0 Å². The molecule has 1 aromatic carbocycles. The number of alkyl halides is 3. The molecule has 4 nitrogen and oxygen atoms in total. The predicted octanol–water partition coefficient (Wildman–Crippen LogP) is 3.42. The number of halogens is 3. The Morgan fingerprint density at radius 3 is 2.13 bits per heavy atom. The Morgan fingerprint density at radius 2 is 1.74 bits per heavy atom. The van der Waals surface area contributed by atoms with E-state index in [1.165, 1.54) is 12.1 Å². The molecule has 1 amide bonds. The highest BCUT2D eigenvalue weighted by molar-refractivity contribution is 6.23. The number of benzene rings is 1. The van der Waals surface area contributed by atoms with E-state index in [4.69, 9.17) is 4.74 Å². The third-order valence-electron chi connectivity index (χ3n) is 3.64. The van der Waals surface area contributed by atoms with Crippen LogP contribution in [-0.2, 0) is 4.79 Å². The minimum absolute atomic E-state index is 0.0684. The number of ether oxygens (including phenoxy) is 1. The molecule has 0 saturated carbocycles. The molecular weight excluding hydrogens is 311 g/mol. The van der Waals surface area contributed by atoms with Crippen LogP contribution in [-0.4, -0.2) is 29.3 Å². The van der Waals surface area contributed by atoms with Crippen molar-refractivity contribution in [2.24, 2.45) is 0 Å². The molecule has 7 heteroatoms. The highest BCUT2D eigenvalue weighted by Crippen LogP contribution is 2.36. The van der Waals surface area contributed by atoms with Crippen molar-refractivity contribution in [3.8, 4) is 5.75 Å². The summed E-state index contributed by atoms with van der Waals surface area (Å²) in [4.78, 5) is 12.1. The van der Waals surface area contributed by atoms with Gasteiger partial charge in [0.25, 0.3) is 5.91 Å². The standard InChI is InChI=1S/C16H18F3NO3/c1-8-5-10(23-7-16(17,18)19)6-9(2)11(8)12-13(21)15(3,4)20-14(12)22/h5-6,21H,7H2,1-4H3,(H,20,22). The van der Waals surface area contributed by atoms with Crippen LogP contribution in [0.1, 0.15) is 30.5 Å². The molecule has 0 saturated heterocycles. The quantitative estimate of drug-likeness (QED) is 0.893. The van der Waals surface area contributed by atoms with Crippen molar-refractivity contribution < 1.29 is 27.8 Å². The largest absolute Gasteiger partial charge is 0.509 e. The molecule has 1 aliphatic rings. The second-order valence-electron chi connectivity index (χ2n) is 6.14. The smallest absolute Gasteiger partial charge is 0.422 e. The molecule has 0 aromatic heterocycles. The molecule has 1 aromatic rings. The molecule has 23 heavy (non-hydrogen) atoms. The lowest BCUT2D eigenvalue weighted by Crippen LogP contribution is -2.38. The van der Waals surface area contributed by atoms with Crippen LogP contribution in [0.4, 0.5) is 13.2 Å². The van der Waals surface area contributed by atoms with Gasteiger partial charge in [0.15, 0.2) is 6.61 Å². The Kier molecular flexibility index (Phi) is 4.09. The highest BCUT2D eigenvalue weighted by Gasteiger charge is 2.39. The number of carbonyl (C=O) groups excluding carboxylic acids is 1. The molecule has 0 fully saturated rings. The second kappa shape index (κ2) is 5.47. The molecule has 1 aliphatic heterocycles. The number of rotatable bonds is 3. The molecule has 0 spiro atoms. The first-order chi connectivity index (χ1) is 10.4. The number of aliphatic hydroxyl groups excluding tert-OH is 1. The number of hydrogen-bond donors (Lipinski definition) is 2. The predicted molar refractivity (Wildman–Crippen MR) is 79.2 cm³/mol. The summed E-state index contributed by atoms with van der Waals surface area (Å²) in [5.74, 6) is -0.431. The van der Waals surface area contributed by atoms with E-state index < -0.39 is 24.2 Å². The maximum atomic E-state index is 12.2. The Bertz CT molecular complexity index is 667. The van der Waals surface area contributed by atoms with Gasteiger partial charge in [-0.05, 0) is 56.5 Å². The summed E-state index contributed by atoms with van der Waals surface area (Å²) in [6.45, 7) is 5.26.